The molecular weight excluding hydrogens is 315 g/mol. The number of carbonyl (C=O) groups excluding carboxylic acids is 1. The third-order valence-electron chi connectivity index (χ3n) is 3.84. The third kappa shape index (κ3) is 3.61. The SMILES string of the molecule is CC(=O)CC(c1ccccc1)c1c([O-])oc2ccccc2c1=O.[Na+]. The number of ketones is 1. The molecule has 5 heteroatoms. The zero-order valence-electron chi connectivity index (χ0n) is 13.6. The second kappa shape index (κ2) is 7.79. The van der Waals surface area contributed by atoms with Crippen molar-refractivity contribution in [3.8, 4) is 5.95 Å². The second-order valence-corrected chi connectivity index (χ2v) is 5.50. The molecule has 0 fully saturated rings. The molecule has 1 atom stereocenters. The van der Waals surface area contributed by atoms with E-state index < -0.39 is 11.9 Å². The summed E-state index contributed by atoms with van der Waals surface area (Å²) in [5.41, 5.74) is 0.667. The summed E-state index contributed by atoms with van der Waals surface area (Å²) < 4.78 is 5.29. The first kappa shape index (κ1) is 18.5. The largest absolute Gasteiger partial charge is 1.00 e. The molecule has 0 N–H and O–H groups in total. The Morgan fingerprint density at radius 3 is 2.38 bits per heavy atom. The van der Waals surface area contributed by atoms with Crippen LogP contribution in [-0.2, 0) is 4.79 Å². The molecule has 0 aliphatic rings. The number of carbonyl (C=O) groups is 1. The Balaban J connectivity index is 0.00000208. The third-order valence-corrected chi connectivity index (χ3v) is 3.84. The molecule has 0 amide bonds. The van der Waals surface area contributed by atoms with E-state index in [2.05, 4.69) is 0 Å². The average molecular weight is 330 g/mol. The van der Waals surface area contributed by atoms with Crippen LogP contribution >= 0.6 is 0 Å². The fraction of sp³-hybridized carbons (Fsp3) is 0.158. The van der Waals surface area contributed by atoms with E-state index in [0.717, 1.165) is 5.56 Å². The first-order valence-electron chi connectivity index (χ1n) is 7.35. The van der Waals surface area contributed by atoms with Crippen LogP contribution in [0.25, 0.3) is 11.0 Å². The number of benzene rings is 2. The second-order valence-electron chi connectivity index (χ2n) is 5.50. The predicted molar refractivity (Wildman–Crippen MR) is 85.5 cm³/mol. The minimum Gasteiger partial charge on any atom is -0.578 e. The molecule has 0 radical (unpaired) electrons. The topological polar surface area (TPSA) is 70.3 Å². The summed E-state index contributed by atoms with van der Waals surface area (Å²) in [6, 6.07) is 15.7. The van der Waals surface area contributed by atoms with Crippen LogP contribution in [0.5, 0.6) is 5.95 Å². The molecule has 3 rings (SSSR count). The Kier molecular flexibility index (Phi) is 5.99. The van der Waals surface area contributed by atoms with Crippen LogP contribution < -0.4 is 40.1 Å². The number of fused-ring (bicyclic) bond motifs is 1. The van der Waals surface area contributed by atoms with E-state index in [0.29, 0.717) is 5.39 Å². The summed E-state index contributed by atoms with van der Waals surface area (Å²) in [5, 5.41) is 12.7. The Morgan fingerprint density at radius 2 is 1.71 bits per heavy atom. The Hall–Kier alpha value is -1.88. The standard InChI is InChI=1S/C19H16O4.Na/c1-12(20)11-15(13-7-3-2-4-8-13)17-18(21)14-9-5-6-10-16(14)23-19(17)22;/h2-10,15,22H,11H2,1H3;/q;+1/p-1. The number of rotatable bonds is 4. The van der Waals surface area contributed by atoms with Gasteiger partial charge in [-0.2, -0.15) is 0 Å². The molecule has 0 aliphatic carbocycles. The molecule has 0 aliphatic heterocycles. The van der Waals surface area contributed by atoms with Gasteiger partial charge in [0.05, 0.1) is 5.95 Å². The summed E-state index contributed by atoms with van der Waals surface area (Å²) in [6.07, 6.45) is 0.0857. The molecule has 1 unspecified atom stereocenters. The van der Waals surface area contributed by atoms with Gasteiger partial charge in [-0.25, -0.2) is 0 Å². The van der Waals surface area contributed by atoms with Crippen LogP contribution in [0.3, 0.4) is 0 Å². The molecule has 1 aromatic heterocycles. The van der Waals surface area contributed by atoms with Gasteiger partial charge in [0.15, 0.2) is 5.43 Å². The normalized spacial score (nSPS) is 11.7. The fourth-order valence-electron chi connectivity index (χ4n) is 2.80. The van der Waals surface area contributed by atoms with Crippen molar-refractivity contribution in [3.63, 3.8) is 0 Å². The summed E-state index contributed by atoms with van der Waals surface area (Å²) in [6.45, 7) is 1.45. The molecule has 4 nitrogen and oxygen atoms in total. The Bertz CT molecular complexity index is 916. The maximum Gasteiger partial charge on any atom is 1.00 e. The average Bonchev–Trinajstić information content (AvgIpc) is 2.54. The van der Waals surface area contributed by atoms with Gasteiger partial charge >= 0.3 is 29.6 Å². The summed E-state index contributed by atoms with van der Waals surface area (Å²) in [4.78, 5) is 24.4. The molecule has 24 heavy (non-hydrogen) atoms. The molecule has 0 bridgehead atoms. The first-order valence-corrected chi connectivity index (χ1v) is 7.35. The maximum absolute atomic E-state index is 12.8. The van der Waals surface area contributed by atoms with Crippen molar-refractivity contribution in [1.29, 1.82) is 0 Å². The van der Waals surface area contributed by atoms with Gasteiger partial charge in [0.2, 0.25) is 0 Å². The van der Waals surface area contributed by atoms with Crippen molar-refractivity contribution in [2.24, 2.45) is 0 Å². The van der Waals surface area contributed by atoms with Gasteiger partial charge in [0, 0.05) is 28.9 Å². The fourth-order valence-corrected chi connectivity index (χ4v) is 2.80. The van der Waals surface area contributed by atoms with Gasteiger partial charge < -0.3 is 9.52 Å². The van der Waals surface area contributed by atoms with E-state index in [1.165, 1.54) is 6.92 Å². The minimum absolute atomic E-state index is 0. The van der Waals surface area contributed by atoms with Crippen molar-refractivity contribution in [3.05, 3.63) is 75.9 Å². The van der Waals surface area contributed by atoms with Crippen LogP contribution in [0, 0.1) is 0 Å². The Labute approximate surface area is 161 Å². The van der Waals surface area contributed by atoms with Gasteiger partial charge in [-0.15, -0.1) is 0 Å². The van der Waals surface area contributed by atoms with Crippen molar-refractivity contribution < 1.29 is 43.9 Å². The van der Waals surface area contributed by atoms with Gasteiger partial charge in [-0.05, 0) is 24.6 Å². The molecular formula is C19H15NaO4. The van der Waals surface area contributed by atoms with E-state index in [4.69, 9.17) is 4.42 Å². The molecule has 3 aromatic rings. The molecule has 0 saturated carbocycles. The van der Waals surface area contributed by atoms with Gasteiger partial charge in [0.1, 0.15) is 5.78 Å². The van der Waals surface area contributed by atoms with Crippen LogP contribution in [0.4, 0.5) is 0 Å². The zero-order valence-corrected chi connectivity index (χ0v) is 15.6. The first-order chi connectivity index (χ1) is 11.1. The van der Waals surface area contributed by atoms with Crippen molar-refractivity contribution in [2.75, 3.05) is 0 Å². The molecule has 2 aromatic carbocycles. The zero-order chi connectivity index (χ0) is 16.4. The van der Waals surface area contributed by atoms with Crippen molar-refractivity contribution in [1.82, 2.24) is 0 Å². The quantitative estimate of drug-likeness (QED) is 0.631. The van der Waals surface area contributed by atoms with Crippen molar-refractivity contribution in [2.45, 2.75) is 19.3 Å². The van der Waals surface area contributed by atoms with Gasteiger partial charge in [-0.1, -0.05) is 42.5 Å². The van der Waals surface area contributed by atoms with Gasteiger partial charge in [-0.3, -0.25) is 9.59 Å². The van der Waals surface area contributed by atoms with Crippen LogP contribution in [0.1, 0.15) is 30.4 Å². The molecule has 0 saturated heterocycles. The number of hydrogen-bond donors (Lipinski definition) is 0. The summed E-state index contributed by atoms with van der Waals surface area (Å²) in [7, 11) is 0. The van der Waals surface area contributed by atoms with E-state index in [1.807, 2.05) is 30.3 Å². The molecule has 0 spiro atoms. The number of Topliss-reactive ketones (excluding diaryl/α,β-unsaturated/α-hetero) is 1. The number of hydrogen-bond acceptors (Lipinski definition) is 4. The Morgan fingerprint density at radius 1 is 1.08 bits per heavy atom. The monoisotopic (exact) mass is 330 g/mol. The van der Waals surface area contributed by atoms with Crippen LogP contribution in [-0.4, -0.2) is 5.78 Å². The smallest absolute Gasteiger partial charge is 0.578 e. The van der Waals surface area contributed by atoms with Crippen LogP contribution in [0.15, 0.2) is 63.8 Å². The summed E-state index contributed by atoms with van der Waals surface area (Å²) >= 11 is 0. The maximum atomic E-state index is 12.8. The summed E-state index contributed by atoms with van der Waals surface area (Å²) in [5.74, 6) is -1.36. The van der Waals surface area contributed by atoms with E-state index in [9.17, 15) is 14.7 Å². The van der Waals surface area contributed by atoms with Gasteiger partial charge in [0.25, 0.3) is 0 Å². The van der Waals surface area contributed by atoms with Crippen LogP contribution in [0.2, 0.25) is 0 Å². The number of para-hydroxylation sites is 1. The van der Waals surface area contributed by atoms with E-state index in [1.54, 1.807) is 24.3 Å². The molecule has 116 valence electrons. The van der Waals surface area contributed by atoms with Crippen molar-refractivity contribution >= 4 is 16.8 Å². The van der Waals surface area contributed by atoms with E-state index in [-0.39, 0.29) is 58.3 Å². The molecule has 1 heterocycles. The minimum atomic E-state index is -0.677. The predicted octanol–water partition coefficient (Wildman–Crippen LogP) is -0.0184. The van der Waals surface area contributed by atoms with E-state index >= 15 is 0 Å².